The second kappa shape index (κ2) is 4.12. The van der Waals surface area contributed by atoms with Crippen molar-refractivity contribution in [3.8, 4) is 0 Å². The van der Waals surface area contributed by atoms with Crippen LogP contribution >= 0.6 is 0 Å². The molecule has 1 aromatic heterocycles. The van der Waals surface area contributed by atoms with Gasteiger partial charge in [-0.25, -0.2) is 4.98 Å². The van der Waals surface area contributed by atoms with Crippen LogP contribution < -0.4 is 10.6 Å². The molecule has 0 saturated carbocycles. The highest BCUT2D eigenvalue weighted by atomic mass is 19.1. The molecule has 2 N–H and O–H groups in total. The molecule has 0 spiro atoms. The summed E-state index contributed by atoms with van der Waals surface area (Å²) in [6.45, 7) is 1.92. The van der Waals surface area contributed by atoms with E-state index in [0.29, 0.717) is 11.3 Å². The highest BCUT2D eigenvalue weighted by Crippen LogP contribution is 2.27. The van der Waals surface area contributed by atoms with E-state index >= 15 is 0 Å². The summed E-state index contributed by atoms with van der Waals surface area (Å²) >= 11 is 0. The van der Waals surface area contributed by atoms with Gasteiger partial charge in [-0.1, -0.05) is 0 Å². The van der Waals surface area contributed by atoms with Crippen LogP contribution in [0.5, 0.6) is 0 Å². The molecule has 2 heterocycles. The predicted molar refractivity (Wildman–Crippen MR) is 58.6 cm³/mol. The number of aryl methyl sites for hydroxylation is 1. The quantitative estimate of drug-likeness (QED) is 0.755. The number of rotatable bonds is 2. The third kappa shape index (κ3) is 2.11. The monoisotopic (exact) mass is 237 g/mol. The van der Waals surface area contributed by atoms with Crippen molar-refractivity contribution in [2.45, 2.75) is 13.3 Å². The summed E-state index contributed by atoms with van der Waals surface area (Å²) in [5, 5.41) is 0. The van der Waals surface area contributed by atoms with Crippen molar-refractivity contribution in [1.82, 2.24) is 4.98 Å². The number of carbonyl (C=O) groups excluding carboxylic acids is 2. The lowest BCUT2D eigenvalue weighted by molar-refractivity contribution is -0.123. The minimum Gasteiger partial charge on any atom is -0.369 e. The van der Waals surface area contributed by atoms with Crippen LogP contribution in [-0.2, 0) is 9.59 Å². The molecule has 6 heteroatoms. The maximum Gasteiger partial charge on any atom is 0.227 e. The van der Waals surface area contributed by atoms with Gasteiger partial charge in [0.1, 0.15) is 0 Å². The number of amides is 2. The van der Waals surface area contributed by atoms with Crippen LogP contribution in [0.4, 0.5) is 10.1 Å². The summed E-state index contributed by atoms with van der Waals surface area (Å²) in [7, 11) is 0. The topological polar surface area (TPSA) is 76.3 Å². The highest BCUT2D eigenvalue weighted by molar-refractivity contribution is 6.00. The number of pyridine rings is 1. The summed E-state index contributed by atoms with van der Waals surface area (Å²) in [4.78, 5) is 27.7. The largest absolute Gasteiger partial charge is 0.369 e. The van der Waals surface area contributed by atoms with Crippen LogP contribution in [0.1, 0.15) is 12.0 Å². The molecule has 90 valence electrons. The average Bonchev–Trinajstić information content (AvgIpc) is 2.61. The lowest BCUT2D eigenvalue weighted by Crippen LogP contribution is -2.29. The fourth-order valence-electron chi connectivity index (χ4n) is 1.93. The smallest absolute Gasteiger partial charge is 0.227 e. The number of primary amides is 1. The molecular weight excluding hydrogens is 225 g/mol. The van der Waals surface area contributed by atoms with Crippen molar-refractivity contribution in [2.75, 3.05) is 11.4 Å². The van der Waals surface area contributed by atoms with Crippen molar-refractivity contribution < 1.29 is 14.0 Å². The Morgan fingerprint density at radius 2 is 2.35 bits per heavy atom. The van der Waals surface area contributed by atoms with Gasteiger partial charge in [0.2, 0.25) is 17.8 Å². The Bertz CT molecular complexity index is 490. The summed E-state index contributed by atoms with van der Waals surface area (Å²) in [5.41, 5.74) is 6.30. The molecule has 0 aromatic carbocycles. The van der Waals surface area contributed by atoms with E-state index in [4.69, 9.17) is 5.73 Å². The number of halogens is 1. The summed E-state index contributed by atoms with van der Waals surface area (Å²) < 4.78 is 12.8. The van der Waals surface area contributed by atoms with E-state index in [1.54, 1.807) is 6.92 Å². The van der Waals surface area contributed by atoms with Crippen LogP contribution in [0.2, 0.25) is 0 Å². The number of anilines is 1. The van der Waals surface area contributed by atoms with Gasteiger partial charge in [0, 0.05) is 13.0 Å². The lowest BCUT2D eigenvalue weighted by Gasteiger charge is -2.17. The highest BCUT2D eigenvalue weighted by Gasteiger charge is 2.34. The first-order valence-corrected chi connectivity index (χ1v) is 5.21. The lowest BCUT2D eigenvalue weighted by atomic mass is 10.1. The van der Waals surface area contributed by atoms with Gasteiger partial charge in [-0.15, -0.1) is 0 Å². The van der Waals surface area contributed by atoms with E-state index in [1.807, 2.05) is 0 Å². The zero-order valence-electron chi connectivity index (χ0n) is 9.31. The first-order chi connectivity index (χ1) is 7.99. The molecule has 2 rings (SSSR count). The fraction of sp³-hybridized carbons (Fsp3) is 0.364. The van der Waals surface area contributed by atoms with Crippen LogP contribution in [0, 0.1) is 18.8 Å². The Morgan fingerprint density at radius 3 is 2.88 bits per heavy atom. The minimum absolute atomic E-state index is 0.103. The summed E-state index contributed by atoms with van der Waals surface area (Å²) in [6.07, 6.45) is 1.40. The van der Waals surface area contributed by atoms with Gasteiger partial charge in [0.25, 0.3) is 0 Å². The molecular formula is C11H12FN3O2. The van der Waals surface area contributed by atoms with E-state index in [1.165, 1.54) is 17.2 Å². The van der Waals surface area contributed by atoms with E-state index in [9.17, 15) is 14.0 Å². The Balaban J connectivity index is 2.29. The average molecular weight is 237 g/mol. The molecule has 1 fully saturated rings. The van der Waals surface area contributed by atoms with Crippen molar-refractivity contribution in [2.24, 2.45) is 11.7 Å². The number of carbonyl (C=O) groups is 2. The summed E-state index contributed by atoms with van der Waals surface area (Å²) in [6, 6.07) is 1.25. The number of hydrogen-bond donors (Lipinski definition) is 1. The Morgan fingerprint density at radius 1 is 1.65 bits per heavy atom. The number of aromatic nitrogens is 1. The van der Waals surface area contributed by atoms with Crippen LogP contribution in [-0.4, -0.2) is 23.3 Å². The molecule has 0 bridgehead atoms. The second-order valence-corrected chi connectivity index (χ2v) is 4.10. The standard InChI is InChI=1S/C11H12FN3O2/c1-6-2-9(12)14-4-8(6)15-5-7(11(13)17)3-10(15)16/h2,4,7H,3,5H2,1H3,(H2,13,17). The SMILES string of the molecule is Cc1cc(F)ncc1N1CC(C(N)=O)CC1=O. The molecule has 17 heavy (non-hydrogen) atoms. The molecule has 0 aliphatic carbocycles. The van der Waals surface area contributed by atoms with Crippen molar-refractivity contribution in [3.05, 3.63) is 23.8 Å². The van der Waals surface area contributed by atoms with Crippen molar-refractivity contribution in [1.29, 1.82) is 0 Å². The molecule has 1 aliphatic heterocycles. The van der Waals surface area contributed by atoms with Crippen LogP contribution in [0.15, 0.2) is 12.3 Å². The predicted octanol–water partition coefficient (Wildman–Crippen LogP) is 0.367. The third-order valence-electron chi connectivity index (χ3n) is 2.87. The normalized spacial score (nSPS) is 19.8. The number of nitrogens with zero attached hydrogens (tertiary/aromatic N) is 2. The first-order valence-electron chi connectivity index (χ1n) is 5.21. The third-order valence-corrected chi connectivity index (χ3v) is 2.87. The molecule has 1 unspecified atom stereocenters. The second-order valence-electron chi connectivity index (χ2n) is 4.10. The molecule has 1 atom stereocenters. The van der Waals surface area contributed by atoms with Gasteiger partial charge >= 0.3 is 0 Å². The maximum atomic E-state index is 12.8. The van der Waals surface area contributed by atoms with Gasteiger partial charge in [0.05, 0.1) is 17.8 Å². The Labute approximate surface area is 97.4 Å². The van der Waals surface area contributed by atoms with Gasteiger partial charge in [-0.05, 0) is 18.6 Å². The fourth-order valence-corrected chi connectivity index (χ4v) is 1.93. The van der Waals surface area contributed by atoms with Crippen LogP contribution in [0.25, 0.3) is 0 Å². The summed E-state index contributed by atoms with van der Waals surface area (Å²) in [5.74, 6) is -1.75. The van der Waals surface area contributed by atoms with Gasteiger partial charge in [-0.2, -0.15) is 4.39 Å². The molecule has 1 saturated heterocycles. The van der Waals surface area contributed by atoms with Crippen molar-refractivity contribution in [3.63, 3.8) is 0 Å². The maximum absolute atomic E-state index is 12.8. The molecule has 1 aliphatic rings. The minimum atomic E-state index is -0.593. The molecule has 1 aromatic rings. The first kappa shape index (κ1) is 11.5. The van der Waals surface area contributed by atoms with E-state index in [0.717, 1.165) is 0 Å². The van der Waals surface area contributed by atoms with Gasteiger partial charge in [-0.3, -0.25) is 9.59 Å². The van der Waals surface area contributed by atoms with E-state index < -0.39 is 17.8 Å². The molecule has 2 amide bonds. The zero-order chi connectivity index (χ0) is 12.6. The number of hydrogen-bond acceptors (Lipinski definition) is 3. The van der Waals surface area contributed by atoms with Crippen molar-refractivity contribution >= 4 is 17.5 Å². The van der Waals surface area contributed by atoms with Crippen LogP contribution in [0.3, 0.4) is 0 Å². The van der Waals surface area contributed by atoms with Gasteiger partial charge in [0.15, 0.2) is 0 Å². The van der Waals surface area contributed by atoms with Gasteiger partial charge < -0.3 is 10.6 Å². The Kier molecular flexibility index (Phi) is 2.79. The number of nitrogens with two attached hydrogens (primary N) is 1. The van der Waals surface area contributed by atoms with E-state index in [2.05, 4.69) is 4.98 Å². The Hall–Kier alpha value is -1.98. The molecule has 5 nitrogen and oxygen atoms in total. The van der Waals surface area contributed by atoms with E-state index in [-0.39, 0.29) is 18.9 Å². The molecule has 0 radical (unpaired) electrons. The zero-order valence-corrected chi connectivity index (χ0v) is 9.31.